The summed E-state index contributed by atoms with van der Waals surface area (Å²) >= 11 is 0. The molecule has 0 spiro atoms. The van der Waals surface area contributed by atoms with Crippen molar-refractivity contribution in [1.82, 2.24) is 15.3 Å². The fraction of sp³-hybridized carbons (Fsp3) is 0.467. The van der Waals surface area contributed by atoms with E-state index in [0.29, 0.717) is 6.04 Å². The second-order valence-corrected chi connectivity index (χ2v) is 5.08. The monoisotopic (exact) mass is 243 g/mol. The zero-order chi connectivity index (χ0) is 13.0. The van der Waals surface area contributed by atoms with Crippen LogP contribution in [0.25, 0.3) is 11.0 Å². The van der Waals surface area contributed by atoms with Crippen LogP contribution < -0.4 is 5.32 Å². The van der Waals surface area contributed by atoms with E-state index in [9.17, 15) is 0 Å². The summed E-state index contributed by atoms with van der Waals surface area (Å²) in [4.78, 5) is 8.84. The van der Waals surface area contributed by atoms with E-state index in [1.807, 2.05) is 13.1 Å². The van der Waals surface area contributed by atoms with Crippen LogP contribution in [0.15, 0.2) is 30.6 Å². The topological polar surface area (TPSA) is 37.8 Å². The van der Waals surface area contributed by atoms with E-state index < -0.39 is 0 Å². The van der Waals surface area contributed by atoms with Crippen molar-refractivity contribution >= 4 is 11.0 Å². The van der Waals surface area contributed by atoms with Gasteiger partial charge in [-0.3, -0.25) is 9.97 Å². The third kappa shape index (κ3) is 2.85. The summed E-state index contributed by atoms with van der Waals surface area (Å²) in [5, 5.41) is 3.40. The molecule has 1 atom stereocenters. The normalized spacial score (nSPS) is 13.1. The van der Waals surface area contributed by atoms with Crippen molar-refractivity contribution in [3.8, 4) is 0 Å². The summed E-state index contributed by atoms with van der Waals surface area (Å²) in [6, 6.07) is 6.58. The number of hydrogen-bond acceptors (Lipinski definition) is 3. The van der Waals surface area contributed by atoms with Gasteiger partial charge in [-0.2, -0.15) is 0 Å². The zero-order valence-electron chi connectivity index (χ0n) is 11.4. The molecule has 0 radical (unpaired) electrons. The van der Waals surface area contributed by atoms with Gasteiger partial charge in [0.05, 0.1) is 11.0 Å². The quantitative estimate of drug-likeness (QED) is 0.875. The van der Waals surface area contributed by atoms with Crippen LogP contribution in [0, 0.1) is 5.92 Å². The Morgan fingerprint density at radius 3 is 2.61 bits per heavy atom. The highest BCUT2D eigenvalue weighted by Gasteiger charge is 2.13. The Bertz CT molecular complexity index is 503. The van der Waals surface area contributed by atoms with Crippen LogP contribution in [0.1, 0.15) is 38.3 Å². The molecule has 0 saturated heterocycles. The molecule has 3 nitrogen and oxygen atoms in total. The average molecular weight is 243 g/mol. The van der Waals surface area contributed by atoms with Crippen molar-refractivity contribution < 1.29 is 0 Å². The van der Waals surface area contributed by atoms with E-state index in [1.54, 1.807) is 12.4 Å². The van der Waals surface area contributed by atoms with Crippen molar-refractivity contribution in [1.29, 1.82) is 0 Å². The Balaban J connectivity index is 2.32. The molecule has 0 fully saturated rings. The van der Waals surface area contributed by atoms with Gasteiger partial charge in [0.1, 0.15) is 0 Å². The first kappa shape index (κ1) is 13.0. The second-order valence-electron chi connectivity index (χ2n) is 5.08. The molecule has 1 heterocycles. The highest BCUT2D eigenvalue weighted by atomic mass is 14.9. The fourth-order valence-corrected chi connectivity index (χ4v) is 2.25. The minimum absolute atomic E-state index is 0.354. The van der Waals surface area contributed by atoms with Crippen LogP contribution in [0.3, 0.4) is 0 Å². The molecule has 2 rings (SSSR count). The van der Waals surface area contributed by atoms with Gasteiger partial charge in [0.2, 0.25) is 0 Å². The number of aromatic nitrogens is 2. The number of para-hydroxylation sites is 1. The molecule has 0 bridgehead atoms. The fourth-order valence-electron chi connectivity index (χ4n) is 2.25. The maximum atomic E-state index is 4.47. The molecule has 0 aliphatic rings. The van der Waals surface area contributed by atoms with Gasteiger partial charge >= 0.3 is 0 Å². The summed E-state index contributed by atoms with van der Waals surface area (Å²) in [6.07, 6.45) is 5.85. The number of fused-ring (bicyclic) bond motifs is 1. The van der Waals surface area contributed by atoms with Crippen molar-refractivity contribution in [3.63, 3.8) is 0 Å². The van der Waals surface area contributed by atoms with Gasteiger partial charge in [-0.25, -0.2) is 0 Å². The van der Waals surface area contributed by atoms with E-state index in [1.165, 1.54) is 12.0 Å². The minimum atomic E-state index is 0.354. The van der Waals surface area contributed by atoms with Gasteiger partial charge in [0, 0.05) is 18.4 Å². The van der Waals surface area contributed by atoms with Crippen molar-refractivity contribution in [2.75, 3.05) is 7.05 Å². The number of nitrogens with one attached hydrogen (secondary N) is 1. The van der Waals surface area contributed by atoms with Crippen LogP contribution in [-0.4, -0.2) is 17.0 Å². The molecule has 1 N–H and O–H groups in total. The first-order valence-corrected chi connectivity index (χ1v) is 6.59. The molecule has 1 aromatic heterocycles. The molecule has 18 heavy (non-hydrogen) atoms. The van der Waals surface area contributed by atoms with E-state index in [-0.39, 0.29) is 0 Å². The molecular weight excluding hydrogens is 222 g/mol. The Morgan fingerprint density at radius 2 is 1.89 bits per heavy atom. The standard InChI is InChI=1S/C15H21N3/c1-11(2)7-8-13(16-3)12-5-4-6-14-15(12)18-10-9-17-14/h4-6,9-11,13,16H,7-8H2,1-3H3. The predicted octanol–water partition coefficient (Wildman–Crippen LogP) is 3.33. The number of rotatable bonds is 5. The molecular formula is C15H21N3. The van der Waals surface area contributed by atoms with Crippen LogP contribution in [0.5, 0.6) is 0 Å². The molecule has 0 aliphatic carbocycles. The molecule has 3 heteroatoms. The Labute approximate surface area is 109 Å². The lowest BCUT2D eigenvalue weighted by molar-refractivity contribution is 0.466. The van der Waals surface area contributed by atoms with E-state index in [0.717, 1.165) is 23.4 Å². The van der Waals surface area contributed by atoms with E-state index in [2.05, 4.69) is 41.3 Å². The average Bonchev–Trinajstić information content (AvgIpc) is 2.39. The van der Waals surface area contributed by atoms with Crippen molar-refractivity contribution in [2.24, 2.45) is 5.92 Å². The summed E-state index contributed by atoms with van der Waals surface area (Å²) in [5.41, 5.74) is 3.24. The number of benzene rings is 1. The van der Waals surface area contributed by atoms with Crippen LogP contribution in [0.2, 0.25) is 0 Å². The summed E-state index contributed by atoms with van der Waals surface area (Å²) < 4.78 is 0. The van der Waals surface area contributed by atoms with E-state index >= 15 is 0 Å². The highest BCUT2D eigenvalue weighted by molar-refractivity contribution is 5.78. The van der Waals surface area contributed by atoms with Crippen LogP contribution in [0.4, 0.5) is 0 Å². The van der Waals surface area contributed by atoms with Crippen LogP contribution >= 0.6 is 0 Å². The summed E-state index contributed by atoms with van der Waals surface area (Å²) in [7, 11) is 2.01. The van der Waals surface area contributed by atoms with Gasteiger partial charge in [-0.1, -0.05) is 26.0 Å². The SMILES string of the molecule is CNC(CCC(C)C)c1cccc2nccnc12. The third-order valence-electron chi connectivity index (χ3n) is 3.29. The highest BCUT2D eigenvalue weighted by Crippen LogP contribution is 2.25. The molecule has 2 aromatic rings. The molecule has 1 aromatic carbocycles. The van der Waals surface area contributed by atoms with Gasteiger partial charge < -0.3 is 5.32 Å². The molecule has 0 amide bonds. The molecule has 0 saturated carbocycles. The van der Waals surface area contributed by atoms with Crippen molar-refractivity contribution in [3.05, 3.63) is 36.2 Å². The Hall–Kier alpha value is -1.48. The first-order valence-electron chi connectivity index (χ1n) is 6.59. The largest absolute Gasteiger partial charge is 0.313 e. The lowest BCUT2D eigenvalue weighted by Gasteiger charge is -2.18. The smallest absolute Gasteiger partial charge is 0.0934 e. The van der Waals surface area contributed by atoms with Gasteiger partial charge in [-0.05, 0) is 37.4 Å². The Kier molecular flexibility index (Phi) is 4.26. The number of nitrogens with zero attached hydrogens (tertiary/aromatic N) is 2. The Morgan fingerprint density at radius 1 is 1.11 bits per heavy atom. The minimum Gasteiger partial charge on any atom is -0.313 e. The maximum Gasteiger partial charge on any atom is 0.0934 e. The third-order valence-corrected chi connectivity index (χ3v) is 3.29. The van der Waals surface area contributed by atoms with Crippen molar-refractivity contribution in [2.45, 2.75) is 32.7 Å². The first-order chi connectivity index (χ1) is 8.72. The van der Waals surface area contributed by atoms with E-state index in [4.69, 9.17) is 0 Å². The number of hydrogen-bond donors (Lipinski definition) is 1. The second kappa shape index (κ2) is 5.91. The molecule has 1 unspecified atom stereocenters. The zero-order valence-corrected chi connectivity index (χ0v) is 11.4. The van der Waals surface area contributed by atoms with Crippen LogP contribution in [-0.2, 0) is 0 Å². The molecule has 96 valence electrons. The van der Waals surface area contributed by atoms with Gasteiger partial charge in [-0.15, -0.1) is 0 Å². The lowest BCUT2D eigenvalue weighted by Crippen LogP contribution is -2.17. The maximum absolute atomic E-state index is 4.47. The predicted molar refractivity (Wildman–Crippen MR) is 75.4 cm³/mol. The molecule has 0 aliphatic heterocycles. The lowest BCUT2D eigenvalue weighted by atomic mass is 9.96. The van der Waals surface area contributed by atoms with Gasteiger partial charge in [0.15, 0.2) is 0 Å². The summed E-state index contributed by atoms with van der Waals surface area (Å²) in [6.45, 7) is 4.52. The van der Waals surface area contributed by atoms with Gasteiger partial charge in [0.25, 0.3) is 0 Å². The summed E-state index contributed by atoms with van der Waals surface area (Å²) in [5.74, 6) is 0.724.